The van der Waals surface area contributed by atoms with Crippen molar-refractivity contribution in [3.05, 3.63) is 34.6 Å². The van der Waals surface area contributed by atoms with Gasteiger partial charge in [-0.2, -0.15) is 0 Å². The van der Waals surface area contributed by atoms with E-state index < -0.39 is 4.92 Å². The van der Waals surface area contributed by atoms with Crippen LogP contribution >= 0.6 is 0 Å². The first-order chi connectivity index (χ1) is 7.72. The minimum Gasteiger partial charge on any atom is -0.494 e. The Morgan fingerprint density at radius 1 is 1.38 bits per heavy atom. The summed E-state index contributed by atoms with van der Waals surface area (Å²) >= 11 is 0. The van der Waals surface area contributed by atoms with Gasteiger partial charge in [0, 0.05) is 18.5 Å². The highest BCUT2D eigenvalue weighted by molar-refractivity contribution is 5.85. The Labute approximate surface area is 91.0 Å². The molecule has 1 aromatic carbocycles. The molecule has 0 bridgehead atoms. The zero-order valence-electron chi connectivity index (χ0n) is 8.58. The standard InChI is InChI=1S/C10H9N3O3/c1-2-16-7-5-8-10(12-4-3-11-8)9(6-7)13(14)15/h3-6H,2H2,1H3. The number of fused-ring (bicyclic) bond motifs is 1. The Morgan fingerprint density at radius 2 is 2.12 bits per heavy atom. The maximum Gasteiger partial charge on any atom is 0.300 e. The SMILES string of the molecule is CCOc1cc([N+](=O)[O-])c2nccnc2c1. The van der Waals surface area contributed by atoms with Gasteiger partial charge in [-0.25, -0.2) is 4.98 Å². The van der Waals surface area contributed by atoms with Crippen molar-refractivity contribution in [2.45, 2.75) is 6.92 Å². The van der Waals surface area contributed by atoms with Crippen LogP contribution in [-0.2, 0) is 0 Å². The van der Waals surface area contributed by atoms with E-state index in [9.17, 15) is 10.1 Å². The van der Waals surface area contributed by atoms with Gasteiger partial charge in [-0.3, -0.25) is 15.1 Å². The summed E-state index contributed by atoms with van der Waals surface area (Å²) in [5.74, 6) is 0.433. The number of nitro benzene ring substituents is 1. The monoisotopic (exact) mass is 219 g/mol. The molecule has 2 aromatic rings. The Bertz CT molecular complexity index is 542. The largest absolute Gasteiger partial charge is 0.494 e. The summed E-state index contributed by atoms with van der Waals surface area (Å²) < 4.78 is 5.23. The molecule has 0 N–H and O–H groups in total. The highest BCUT2D eigenvalue weighted by Crippen LogP contribution is 2.27. The lowest BCUT2D eigenvalue weighted by atomic mass is 10.2. The van der Waals surface area contributed by atoms with E-state index in [0.717, 1.165) is 0 Å². The molecule has 0 amide bonds. The summed E-state index contributed by atoms with van der Waals surface area (Å²) in [5.41, 5.74) is 0.644. The molecule has 0 saturated heterocycles. The van der Waals surface area contributed by atoms with E-state index in [2.05, 4.69) is 9.97 Å². The summed E-state index contributed by atoms with van der Waals surface area (Å²) in [5, 5.41) is 10.9. The van der Waals surface area contributed by atoms with E-state index in [4.69, 9.17) is 4.74 Å². The molecule has 0 radical (unpaired) electrons. The zero-order chi connectivity index (χ0) is 11.5. The molecule has 0 saturated carbocycles. The number of rotatable bonds is 3. The Morgan fingerprint density at radius 3 is 2.81 bits per heavy atom. The van der Waals surface area contributed by atoms with E-state index in [-0.39, 0.29) is 11.2 Å². The predicted octanol–water partition coefficient (Wildman–Crippen LogP) is 1.94. The first kappa shape index (κ1) is 10.3. The van der Waals surface area contributed by atoms with E-state index in [0.29, 0.717) is 17.9 Å². The van der Waals surface area contributed by atoms with Crippen molar-refractivity contribution < 1.29 is 9.66 Å². The lowest BCUT2D eigenvalue weighted by Crippen LogP contribution is -1.96. The molecule has 0 unspecified atom stereocenters. The number of aromatic nitrogens is 2. The Hall–Kier alpha value is -2.24. The molecule has 0 aliphatic rings. The highest BCUT2D eigenvalue weighted by atomic mass is 16.6. The normalized spacial score (nSPS) is 10.3. The van der Waals surface area contributed by atoms with Crippen molar-refractivity contribution in [1.29, 1.82) is 0 Å². The minimum absolute atomic E-state index is 0.0888. The molecule has 6 heteroatoms. The van der Waals surface area contributed by atoms with Gasteiger partial charge in [0.15, 0.2) is 5.52 Å². The molecule has 1 heterocycles. The zero-order valence-corrected chi connectivity index (χ0v) is 8.58. The summed E-state index contributed by atoms with van der Waals surface area (Å²) in [6.45, 7) is 2.26. The number of ether oxygens (including phenoxy) is 1. The molecule has 0 aliphatic carbocycles. The lowest BCUT2D eigenvalue weighted by molar-refractivity contribution is -0.383. The predicted molar refractivity (Wildman–Crippen MR) is 57.4 cm³/mol. The molecular weight excluding hydrogens is 210 g/mol. The van der Waals surface area contributed by atoms with Crippen LogP contribution in [-0.4, -0.2) is 21.5 Å². The first-order valence-corrected chi connectivity index (χ1v) is 4.74. The van der Waals surface area contributed by atoms with Crippen LogP contribution in [0, 0.1) is 10.1 Å². The number of nitro groups is 1. The third-order valence-electron chi connectivity index (χ3n) is 2.03. The molecule has 0 aliphatic heterocycles. The van der Waals surface area contributed by atoms with Crippen molar-refractivity contribution >= 4 is 16.7 Å². The van der Waals surface area contributed by atoms with Gasteiger partial charge < -0.3 is 4.74 Å². The van der Waals surface area contributed by atoms with Crippen LogP contribution in [0.1, 0.15) is 6.92 Å². The van der Waals surface area contributed by atoms with Gasteiger partial charge in [-0.05, 0) is 6.92 Å². The molecule has 1 aromatic heterocycles. The van der Waals surface area contributed by atoms with Gasteiger partial charge in [0.25, 0.3) is 0 Å². The fourth-order valence-electron chi connectivity index (χ4n) is 1.42. The average molecular weight is 219 g/mol. The second kappa shape index (κ2) is 4.09. The van der Waals surface area contributed by atoms with Crippen molar-refractivity contribution in [2.24, 2.45) is 0 Å². The number of hydrogen-bond donors (Lipinski definition) is 0. The fourth-order valence-corrected chi connectivity index (χ4v) is 1.42. The number of benzene rings is 1. The number of nitrogens with zero attached hydrogens (tertiary/aromatic N) is 3. The van der Waals surface area contributed by atoms with E-state index in [1.165, 1.54) is 18.5 Å². The summed E-state index contributed by atoms with van der Waals surface area (Å²) in [6.07, 6.45) is 2.91. The molecule has 82 valence electrons. The summed E-state index contributed by atoms with van der Waals surface area (Å²) in [4.78, 5) is 18.3. The van der Waals surface area contributed by atoms with Crippen LogP contribution in [0.5, 0.6) is 5.75 Å². The average Bonchev–Trinajstić information content (AvgIpc) is 2.28. The number of hydrogen-bond acceptors (Lipinski definition) is 5. The van der Waals surface area contributed by atoms with Crippen LogP contribution in [0.25, 0.3) is 11.0 Å². The van der Waals surface area contributed by atoms with Crippen molar-refractivity contribution in [2.75, 3.05) is 6.61 Å². The molecule has 16 heavy (non-hydrogen) atoms. The maximum atomic E-state index is 10.9. The van der Waals surface area contributed by atoms with Crippen molar-refractivity contribution in [1.82, 2.24) is 9.97 Å². The van der Waals surface area contributed by atoms with Crippen LogP contribution < -0.4 is 4.74 Å². The smallest absolute Gasteiger partial charge is 0.300 e. The Balaban J connectivity index is 2.68. The summed E-state index contributed by atoms with van der Waals surface area (Å²) in [6, 6.07) is 3.00. The maximum absolute atomic E-state index is 10.9. The van der Waals surface area contributed by atoms with Crippen LogP contribution in [0.4, 0.5) is 5.69 Å². The second-order valence-corrected chi connectivity index (χ2v) is 3.06. The topological polar surface area (TPSA) is 78.2 Å². The first-order valence-electron chi connectivity index (χ1n) is 4.74. The van der Waals surface area contributed by atoms with E-state index in [1.54, 1.807) is 6.07 Å². The highest BCUT2D eigenvalue weighted by Gasteiger charge is 2.15. The molecule has 6 nitrogen and oxygen atoms in total. The minimum atomic E-state index is -0.487. The van der Waals surface area contributed by atoms with Gasteiger partial charge in [0.1, 0.15) is 5.75 Å². The van der Waals surface area contributed by atoms with E-state index >= 15 is 0 Å². The van der Waals surface area contributed by atoms with Crippen LogP contribution in [0.2, 0.25) is 0 Å². The van der Waals surface area contributed by atoms with Crippen LogP contribution in [0.15, 0.2) is 24.5 Å². The van der Waals surface area contributed by atoms with Gasteiger partial charge in [-0.1, -0.05) is 0 Å². The molecule has 0 spiro atoms. The van der Waals surface area contributed by atoms with Gasteiger partial charge in [0.2, 0.25) is 0 Å². The quantitative estimate of drug-likeness (QED) is 0.582. The molecule has 0 atom stereocenters. The fraction of sp³-hybridized carbons (Fsp3) is 0.200. The van der Waals surface area contributed by atoms with Crippen molar-refractivity contribution in [3.8, 4) is 5.75 Å². The van der Waals surface area contributed by atoms with Gasteiger partial charge in [0.05, 0.1) is 23.1 Å². The number of non-ortho nitro benzene ring substituents is 1. The Kier molecular flexibility index (Phi) is 2.63. The molecular formula is C10H9N3O3. The van der Waals surface area contributed by atoms with Gasteiger partial charge >= 0.3 is 5.69 Å². The van der Waals surface area contributed by atoms with Crippen molar-refractivity contribution in [3.63, 3.8) is 0 Å². The third kappa shape index (κ3) is 1.77. The summed E-state index contributed by atoms with van der Waals surface area (Å²) in [7, 11) is 0. The lowest BCUT2D eigenvalue weighted by Gasteiger charge is -2.04. The van der Waals surface area contributed by atoms with Crippen LogP contribution in [0.3, 0.4) is 0 Å². The third-order valence-corrected chi connectivity index (χ3v) is 2.03. The molecule has 2 rings (SSSR count). The second-order valence-electron chi connectivity index (χ2n) is 3.06. The van der Waals surface area contributed by atoms with Gasteiger partial charge in [-0.15, -0.1) is 0 Å². The van der Waals surface area contributed by atoms with E-state index in [1.807, 2.05) is 6.92 Å². The molecule has 0 fully saturated rings.